The molecule has 0 saturated carbocycles. The molecule has 0 radical (unpaired) electrons. The Morgan fingerprint density at radius 3 is 2.50 bits per heavy atom. The van der Waals surface area contributed by atoms with E-state index < -0.39 is 0 Å². The van der Waals surface area contributed by atoms with Crippen LogP contribution in [0.25, 0.3) is 0 Å². The van der Waals surface area contributed by atoms with E-state index in [2.05, 4.69) is 0 Å². The SMILES string of the molecule is CN(C)C(=O)N1CCC(=CC#N)CC1. The van der Waals surface area contributed by atoms with Crippen LogP contribution in [0.4, 0.5) is 4.79 Å². The fourth-order valence-electron chi connectivity index (χ4n) is 1.50. The lowest BCUT2D eigenvalue weighted by Crippen LogP contribution is -2.42. The molecule has 0 bridgehead atoms. The van der Waals surface area contributed by atoms with Crippen molar-refractivity contribution in [3.8, 4) is 6.07 Å². The third-order valence-corrected chi connectivity index (χ3v) is 2.33. The molecule has 0 aliphatic carbocycles. The highest BCUT2D eigenvalue weighted by atomic mass is 16.2. The fourth-order valence-corrected chi connectivity index (χ4v) is 1.50. The minimum absolute atomic E-state index is 0.0565. The van der Waals surface area contributed by atoms with Gasteiger partial charge in [-0.05, 0) is 12.8 Å². The molecule has 0 aromatic carbocycles. The van der Waals surface area contributed by atoms with Gasteiger partial charge in [0.1, 0.15) is 0 Å². The summed E-state index contributed by atoms with van der Waals surface area (Å²) in [6, 6.07) is 2.08. The summed E-state index contributed by atoms with van der Waals surface area (Å²) in [7, 11) is 3.51. The van der Waals surface area contributed by atoms with Crippen LogP contribution in [-0.4, -0.2) is 43.0 Å². The molecule has 1 rings (SSSR count). The van der Waals surface area contributed by atoms with Crippen LogP contribution in [0.2, 0.25) is 0 Å². The van der Waals surface area contributed by atoms with E-state index in [9.17, 15) is 4.79 Å². The molecule has 76 valence electrons. The molecule has 0 N–H and O–H groups in total. The van der Waals surface area contributed by atoms with Gasteiger partial charge in [0.05, 0.1) is 6.07 Å². The highest BCUT2D eigenvalue weighted by molar-refractivity contribution is 5.74. The smallest absolute Gasteiger partial charge is 0.319 e. The van der Waals surface area contributed by atoms with E-state index in [-0.39, 0.29) is 6.03 Å². The van der Waals surface area contributed by atoms with Crippen molar-refractivity contribution >= 4 is 6.03 Å². The maximum atomic E-state index is 11.5. The molecular formula is C10H15N3O. The van der Waals surface area contributed by atoms with Gasteiger partial charge in [0.15, 0.2) is 0 Å². The lowest BCUT2D eigenvalue weighted by atomic mass is 10.0. The number of carbonyl (C=O) groups excluding carboxylic acids is 1. The predicted molar refractivity (Wildman–Crippen MR) is 53.6 cm³/mol. The number of allylic oxidation sites excluding steroid dienone is 1. The minimum Gasteiger partial charge on any atom is -0.331 e. The zero-order valence-corrected chi connectivity index (χ0v) is 8.66. The average Bonchev–Trinajstić information content (AvgIpc) is 2.18. The van der Waals surface area contributed by atoms with E-state index in [1.165, 1.54) is 0 Å². The molecule has 4 nitrogen and oxygen atoms in total. The second kappa shape index (κ2) is 4.66. The third kappa shape index (κ3) is 2.49. The molecule has 1 heterocycles. The summed E-state index contributed by atoms with van der Waals surface area (Å²) in [6.07, 6.45) is 3.25. The van der Waals surface area contributed by atoms with E-state index in [1.807, 2.05) is 11.0 Å². The Morgan fingerprint density at radius 2 is 2.07 bits per heavy atom. The highest BCUT2D eigenvalue weighted by Crippen LogP contribution is 2.16. The molecule has 2 amide bonds. The average molecular weight is 193 g/mol. The number of nitrogens with zero attached hydrogens (tertiary/aromatic N) is 3. The van der Waals surface area contributed by atoms with Crippen LogP contribution in [-0.2, 0) is 0 Å². The van der Waals surface area contributed by atoms with Crippen molar-refractivity contribution in [2.75, 3.05) is 27.2 Å². The Kier molecular flexibility index (Phi) is 3.52. The first-order valence-corrected chi connectivity index (χ1v) is 4.69. The summed E-state index contributed by atoms with van der Waals surface area (Å²) in [4.78, 5) is 14.9. The zero-order chi connectivity index (χ0) is 10.6. The number of likely N-dealkylation sites (tertiary alicyclic amines) is 1. The van der Waals surface area contributed by atoms with Gasteiger partial charge in [-0.3, -0.25) is 0 Å². The minimum atomic E-state index is 0.0565. The van der Waals surface area contributed by atoms with Crippen molar-refractivity contribution in [3.05, 3.63) is 11.6 Å². The van der Waals surface area contributed by atoms with Crippen LogP contribution in [0.3, 0.4) is 0 Å². The van der Waals surface area contributed by atoms with Crippen LogP contribution in [0, 0.1) is 11.3 Å². The van der Waals surface area contributed by atoms with Gasteiger partial charge in [0, 0.05) is 33.3 Å². The maximum absolute atomic E-state index is 11.5. The molecule has 0 aromatic rings. The molecule has 1 aliphatic rings. The number of amides is 2. The van der Waals surface area contributed by atoms with Crippen molar-refractivity contribution in [1.29, 1.82) is 5.26 Å². The summed E-state index contributed by atoms with van der Waals surface area (Å²) in [6.45, 7) is 1.45. The predicted octanol–water partition coefficient (Wildman–Crippen LogP) is 1.21. The van der Waals surface area contributed by atoms with Gasteiger partial charge in [-0.1, -0.05) is 5.57 Å². The fraction of sp³-hybridized carbons (Fsp3) is 0.600. The van der Waals surface area contributed by atoms with Crippen molar-refractivity contribution < 1.29 is 4.79 Å². The van der Waals surface area contributed by atoms with Gasteiger partial charge in [0.25, 0.3) is 0 Å². The van der Waals surface area contributed by atoms with Crippen LogP contribution in [0.5, 0.6) is 0 Å². The van der Waals surface area contributed by atoms with Crippen LogP contribution < -0.4 is 0 Å². The molecule has 0 atom stereocenters. The van der Waals surface area contributed by atoms with E-state index in [0.717, 1.165) is 31.5 Å². The van der Waals surface area contributed by atoms with Crippen molar-refractivity contribution in [2.45, 2.75) is 12.8 Å². The van der Waals surface area contributed by atoms with Crippen molar-refractivity contribution in [1.82, 2.24) is 9.80 Å². The zero-order valence-electron chi connectivity index (χ0n) is 8.66. The van der Waals surface area contributed by atoms with Gasteiger partial charge in [0.2, 0.25) is 0 Å². The number of carbonyl (C=O) groups is 1. The first-order valence-electron chi connectivity index (χ1n) is 4.69. The quantitative estimate of drug-likeness (QED) is 0.543. The van der Waals surface area contributed by atoms with Gasteiger partial charge < -0.3 is 9.80 Å². The van der Waals surface area contributed by atoms with Gasteiger partial charge in [-0.2, -0.15) is 5.26 Å². The van der Waals surface area contributed by atoms with E-state index in [0.29, 0.717) is 0 Å². The van der Waals surface area contributed by atoms with Gasteiger partial charge in [-0.15, -0.1) is 0 Å². The summed E-state index contributed by atoms with van der Waals surface area (Å²) < 4.78 is 0. The number of nitriles is 1. The molecule has 4 heteroatoms. The summed E-state index contributed by atoms with van der Waals surface area (Å²) >= 11 is 0. The number of urea groups is 1. The number of hydrogen-bond donors (Lipinski definition) is 0. The molecule has 14 heavy (non-hydrogen) atoms. The first kappa shape index (κ1) is 10.6. The van der Waals surface area contributed by atoms with E-state index >= 15 is 0 Å². The van der Waals surface area contributed by atoms with E-state index in [1.54, 1.807) is 25.1 Å². The summed E-state index contributed by atoms with van der Waals surface area (Å²) in [5, 5.41) is 8.47. The third-order valence-electron chi connectivity index (χ3n) is 2.33. The normalized spacial score (nSPS) is 16.1. The lowest BCUT2D eigenvalue weighted by Gasteiger charge is -2.30. The second-order valence-corrected chi connectivity index (χ2v) is 3.60. The van der Waals surface area contributed by atoms with Crippen LogP contribution >= 0.6 is 0 Å². The Labute approximate surface area is 84.4 Å². The highest BCUT2D eigenvalue weighted by Gasteiger charge is 2.19. The Balaban J connectivity index is 2.48. The molecule has 1 saturated heterocycles. The second-order valence-electron chi connectivity index (χ2n) is 3.60. The van der Waals surface area contributed by atoms with Crippen molar-refractivity contribution in [3.63, 3.8) is 0 Å². The monoisotopic (exact) mass is 193 g/mol. The molecular weight excluding hydrogens is 178 g/mol. The summed E-state index contributed by atoms with van der Waals surface area (Å²) in [5.41, 5.74) is 1.15. The molecule has 1 fully saturated rings. The number of rotatable bonds is 0. The largest absolute Gasteiger partial charge is 0.331 e. The summed E-state index contributed by atoms with van der Waals surface area (Å²) in [5.74, 6) is 0. The number of piperidine rings is 1. The van der Waals surface area contributed by atoms with Crippen molar-refractivity contribution in [2.24, 2.45) is 0 Å². The topological polar surface area (TPSA) is 47.3 Å². The molecule has 0 spiro atoms. The Morgan fingerprint density at radius 1 is 1.50 bits per heavy atom. The van der Waals surface area contributed by atoms with Crippen LogP contribution in [0.15, 0.2) is 11.6 Å². The first-order chi connectivity index (χ1) is 6.65. The van der Waals surface area contributed by atoms with Gasteiger partial charge in [-0.25, -0.2) is 4.79 Å². The van der Waals surface area contributed by atoms with Gasteiger partial charge >= 0.3 is 6.03 Å². The molecule has 0 unspecified atom stereocenters. The standard InChI is InChI=1S/C10H15N3O/c1-12(2)10(14)13-7-4-9(3-6-11)5-8-13/h3H,4-5,7-8H2,1-2H3. The molecule has 0 aromatic heterocycles. The Bertz CT molecular complexity index is 278. The lowest BCUT2D eigenvalue weighted by molar-refractivity contribution is 0.167. The Hall–Kier alpha value is -1.50. The van der Waals surface area contributed by atoms with E-state index in [4.69, 9.17) is 5.26 Å². The number of hydrogen-bond acceptors (Lipinski definition) is 2. The van der Waals surface area contributed by atoms with Crippen LogP contribution in [0.1, 0.15) is 12.8 Å². The molecule has 1 aliphatic heterocycles. The maximum Gasteiger partial charge on any atom is 0.319 e.